The molecule has 80 valence electrons. The Hall–Kier alpha value is -0.00506. The lowest BCUT2D eigenvalue weighted by Gasteiger charge is -1.97. The fourth-order valence-corrected chi connectivity index (χ4v) is 0. The molecule has 0 saturated heterocycles. The summed E-state index contributed by atoms with van der Waals surface area (Å²) in [6.45, 7) is 0. The minimum Gasteiger partial charge on any atom is -0.401 e. The van der Waals surface area contributed by atoms with Crippen LogP contribution in [-0.2, 0) is 14.2 Å². The average Bonchev–Trinajstić information content (AvgIpc) is 1.84. The fraction of sp³-hybridized carbons (Fsp3) is 1.00. The van der Waals surface area contributed by atoms with Gasteiger partial charge in [0.15, 0.2) is 0 Å². The molecule has 0 unspecified atom stereocenters. The zero-order valence-electron chi connectivity index (χ0n) is 5.63. The molecule has 12 heteroatoms. The molecule has 0 aliphatic heterocycles. The standard InChI is InChI=1S/CHF3O3S.BH3O3S/c2-1(3,4)8(5,6)7;2-1(3)4-5/h(H,5,6,7);2-3,5H. The second-order valence-electron chi connectivity index (χ2n) is 1.35. The lowest BCUT2D eigenvalue weighted by molar-refractivity contribution is -0.0510. The highest BCUT2D eigenvalue weighted by molar-refractivity contribution is 7.86. The molecule has 3 N–H and O–H groups in total. The Balaban J connectivity index is 0. The average molecular weight is 244 g/mol. The van der Waals surface area contributed by atoms with Crippen molar-refractivity contribution >= 4 is 30.3 Å². The quantitative estimate of drug-likeness (QED) is 0.158. The molecule has 0 aromatic rings. The molecule has 0 aliphatic carbocycles. The molecule has 0 saturated carbocycles. The van der Waals surface area contributed by atoms with Gasteiger partial charge in [0.1, 0.15) is 0 Å². The maximum absolute atomic E-state index is 10.7. The fourth-order valence-electron chi connectivity index (χ4n) is 0. The van der Waals surface area contributed by atoms with E-state index in [2.05, 4.69) is 17.0 Å². The van der Waals surface area contributed by atoms with Gasteiger partial charge in [0.25, 0.3) is 0 Å². The molecule has 0 amide bonds. The van der Waals surface area contributed by atoms with Crippen molar-refractivity contribution in [2.45, 2.75) is 5.51 Å². The molecule has 0 aliphatic rings. The van der Waals surface area contributed by atoms with Crippen LogP contribution >= 0.6 is 12.9 Å². The summed E-state index contributed by atoms with van der Waals surface area (Å²) in [5.74, 6) is 0. The summed E-state index contributed by atoms with van der Waals surface area (Å²) >= 11 is 3.02. The van der Waals surface area contributed by atoms with Crippen LogP contribution in [0.25, 0.3) is 0 Å². The van der Waals surface area contributed by atoms with E-state index in [1.165, 1.54) is 0 Å². The SMILES string of the molecule is O=S(=O)(O)C(F)(F)F.OB(O)OS. The van der Waals surface area contributed by atoms with Crippen LogP contribution in [0.1, 0.15) is 0 Å². The van der Waals surface area contributed by atoms with Gasteiger partial charge < -0.3 is 14.1 Å². The third kappa shape index (κ3) is 9.91. The molecule has 0 fully saturated rings. The van der Waals surface area contributed by atoms with Crippen LogP contribution in [0.4, 0.5) is 13.2 Å². The number of hydrogen-bond acceptors (Lipinski definition) is 6. The first-order valence-corrected chi connectivity index (χ1v) is 4.03. The van der Waals surface area contributed by atoms with Gasteiger partial charge in [0, 0.05) is 0 Å². The summed E-state index contributed by atoms with van der Waals surface area (Å²) in [5.41, 5.74) is -5.53. The largest absolute Gasteiger partial charge is 0.645 e. The van der Waals surface area contributed by atoms with E-state index in [0.29, 0.717) is 0 Å². The molecule has 0 rings (SSSR count). The van der Waals surface area contributed by atoms with Crippen molar-refractivity contribution in [3.05, 3.63) is 0 Å². The minimum absolute atomic E-state index is 1.75. The van der Waals surface area contributed by atoms with Crippen LogP contribution < -0.4 is 0 Å². The van der Waals surface area contributed by atoms with Crippen molar-refractivity contribution in [2.75, 3.05) is 0 Å². The lowest BCUT2D eigenvalue weighted by atomic mass is 10.3. The Morgan fingerprint density at radius 1 is 1.31 bits per heavy atom. The third-order valence-electron chi connectivity index (χ3n) is 0.387. The molecule has 6 nitrogen and oxygen atoms in total. The van der Waals surface area contributed by atoms with E-state index in [0.717, 1.165) is 0 Å². The highest BCUT2D eigenvalue weighted by atomic mass is 32.2. The highest BCUT2D eigenvalue weighted by Gasteiger charge is 2.44. The zero-order chi connectivity index (χ0) is 11.3. The van der Waals surface area contributed by atoms with Gasteiger partial charge in [-0.05, 0) is 12.9 Å². The molecule has 0 heterocycles. The molecule has 0 atom stereocenters. The van der Waals surface area contributed by atoms with Gasteiger partial charge in [-0.2, -0.15) is 21.6 Å². The van der Waals surface area contributed by atoms with E-state index in [9.17, 15) is 13.2 Å². The van der Waals surface area contributed by atoms with Crippen LogP contribution in [0.5, 0.6) is 0 Å². The summed E-state index contributed by atoms with van der Waals surface area (Å²) in [5, 5.41) is 15.2. The van der Waals surface area contributed by atoms with E-state index in [1.807, 2.05) is 0 Å². The maximum atomic E-state index is 10.7. The Labute approximate surface area is 76.9 Å². The first kappa shape index (κ1) is 15.5. The summed E-state index contributed by atoms with van der Waals surface area (Å²) < 4.78 is 61.1. The van der Waals surface area contributed by atoms with Crippen molar-refractivity contribution in [3.8, 4) is 0 Å². The Morgan fingerprint density at radius 2 is 1.46 bits per heavy atom. The molecular weight excluding hydrogens is 240 g/mol. The Bertz CT molecular complexity index is 221. The minimum atomic E-state index is -5.84. The number of hydrogen-bond donors (Lipinski definition) is 4. The number of halogens is 3. The molecule has 0 aromatic heterocycles. The molecule has 0 spiro atoms. The van der Waals surface area contributed by atoms with Gasteiger partial charge in [0.2, 0.25) is 0 Å². The van der Waals surface area contributed by atoms with Crippen LogP contribution in [0.2, 0.25) is 0 Å². The third-order valence-corrected chi connectivity index (χ3v) is 1.16. The normalized spacial score (nSPS) is 11.6. The van der Waals surface area contributed by atoms with Crippen LogP contribution in [0, 0.1) is 0 Å². The number of alkyl halides is 3. The molecule has 0 radical (unpaired) electrons. The van der Waals surface area contributed by atoms with Crippen molar-refractivity contribution in [1.29, 1.82) is 0 Å². The first-order valence-electron chi connectivity index (χ1n) is 2.22. The van der Waals surface area contributed by atoms with Gasteiger partial charge in [-0.15, -0.1) is 0 Å². The van der Waals surface area contributed by atoms with E-state index in [-0.39, 0.29) is 0 Å². The smallest absolute Gasteiger partial charge is 0.401 e. The number of rotatable bonds is 1. The van der Waals surface area contributed by atoms with Gasteiger partial charge in [0.05, 0.1) is 0 Å². The second kappa shape index (κ2) is 5.67. The van der Waals surface area contributed by atoms with Crippen LogP contribution in [-0.4, -0.2) is 35.8 Å². The first-order chi connectivity index (χ1) is 5.52. The van der Waals surface area contributed by atoms with Crippen molar-refractivity contribution in [2.24, 2.45) is 0 Å². The zero-order valence-corrected chi connectivity index (χ0v) is 7.34. The monoisotopic (exact) mass is 244 g/mol. The predicted octanol–water partition coefficient (Wildman–Crippen LogP) is -0.789. The van der Waals surface area contributed by atoms with E-state index >= 15 is 0 Å². The molecule has 0 aromatic carbocycles. The van der Waals surface area contributed by atoms with E-state index < -0.39 is 22.9 Å². The van der Waals surface area contributed by atoms with Gasteiger partial charge >= 0.3 is 22.9 Å². The van der Waals surface area contributed by atoms with Crippen LogP contribution in [0.15, 0.2) is 0 Å². The summed E-state index contributed by atoms with van der Waals surface area (Å²) in [7, 11) is -7.59. The molecule has 13 heavy (non-hydrogen) atoms. The van der Waals surface area contributed by atoms with Gasteiger partial charge in [-0.3, -0.25) is 4.55 Å². The summed E-state index contributed by atoms with van der Waals surface area (Å²) in [6.07, 6.45) is 0. The molecule has 0 bridgehead atoms. The second-order valence-corrected chi connectivity index (χ2v) is 2.98. The Morgan fingerprint density at radius 3 is 1.46 bits per heavy atom. The molecular formula is CH4BF3O6S2. The van der Waals surface area contributed by atoms with E-state index in [1.54, 1.807) is 0 Å². The van der Waals surface area contributed by atoms with Crippen molar-refractivity contribution in [1.82, 2.24) is 0 Å². The Kier molecular flexibility index (Phi) is 6.74. The summed E-state index contributed by atoms with van der Waals surface area (Å²) in [6, 6.07) is 0. The topological polar surface area (TPSA) is 104 Å². The number of thiol groups is 1. The van der Waals surface area contributed by atoms with Crippen LogP contribution in [0.3, 0.4) is 0 Å². The summed E-state index contributed by atoms with van der Waals surface area (Å²) in [4.78, 5) is 0. The van der Waals surface area contributed by atoms with E-state index in [4.69, 9.17) is 23.0 Å². The maximum Gasteiger partial charge on any atom is 0.645 e. The van der Waals surface area contributed by atoms with Gasteiger partial charge in [-0.25, -0.2) is 0 Å². The predicted molar refractivity (Wildman–Crippen MR) is 37.9 cm³/mol. The lowest BCUT2D eigenvalue weighted by Crippen LogP contribution is -2.21. The van der Waals surface area contributed by atoms with Crippen molar-refractivity contribution < 1.29 is 40.3 Å². The van der Waals surface area contributed by atoms with Crippen molar-refractivity contribution in [3.63, 3.8) is 0 Å². The highest BCUT2D eigenvalue weighted by Crippen LogP contribution is 2.20. The van der Waals surface area contributed by atoms with Gasteiger partial charge in [-0.1, -0.05) is 0 Å².